The second-order valence-corrected chi connectivity index (χ2v) is 7.58. The average Bonchev–Trinajstić information content (AvgIpc) is 3.34. The number of amides is 1. The van der Waals surface area contributed by atoms with Crippen molar-refractivity contribution in [2.45, 2.75) is 12.5 Å². The number of carbonyl (C=O) groups excluding carboxylic acids is 1. The normalized spacial score (nSPS) is 12.3. The lowest BCUT2D eigenvalue weighted by Gasteiger charge is -2.27. The van der Waals surface area contributed by atoms with Crippen LogP contribution in [0, 0.1) is 0 Å². The number of carbonyl (C=O) groups is 1. The number of para-hydroxylation sites is 2. The topological polar surface area (TPSA) is 82.8 Å². The van der Waals surface area contributed by atoms with Gasteiger partial charge in [-0.1, -0.05) is 41.6 Å². The van der Waals surface area contributed by atoms with Gasteiger partial charge in [-0.25, -0.2) is 0 Å². The highest BCUT2D eigenvalue weighted by Crippen LogP contribution is 2.44. The zero-order valence-corrected chi connectivity index (χ0v) is 18.2. The van der Waals surface area contributed by atoms with Crippen LogP contribution in [0.25, 0.3) is 11.3 Å². The first-order valence-electron chi connectivity index (χ1n) is 10.5. The molecule has 0 unspecified atom stereocenters. The van der Waals surface area contributed by atoms with E-state index in [1.54, 1.807) is 26.4 Å². The molecule has 1 aliphatic heterocycles. The highest BCUT2D eigenvalue weighted by molar-refractivity contribution is 5.89. The van der Waals surface area contributed by atoms with Crippen LogP contribution in [-0.2, 0) is 11.3 Å². The summed E-state index contributed by atoms with van der Waals surface area (Å²) >= 11 is 0. The van der Waals surface area contributed by atoms with Crippen molar-refractivity contribution in [1.82, 2.24) is 10.5 Å². The second kappa shape index (κ2) is 8.70. The fourth-order valence-electron chi connectivity index (χ4n) is 3.99. The number of hydrogen-bond donors (Lipinski definition) is 1. The summed E-state index contributed by atoms with van der Waals surface area (Å²) in [6, 6.07) is 22.5. The number of benzene rings is 3. The van der Waals surface area contributed by atoms with Crippen LogP contribution in [0.3, 0.4) is 0 Å². The van der Waals surface area contributed by atoms with Gasteiger partial charge in [0.2, 0.25) is 5.91 Å². The van der Waals surface area contributed by atoms with E-state index in [1.807, 2.05) is 60.7 Å². The maximum absolute atomic E-state index is 13.3. The highest BCUT2D eigenvalue weighted by atomic mass is 16.5. The summed E-state index contributed by atoms with van der Waals surface area (Å²) in [5.41, 5.74) is 3.08. The smallest absolute Gasteiger partial charge is 0.232 e. The van der Waals surface area contributed by atoms with Gasteiger partial charge in [-0.15, -0.1) is 0 Å². The molecule has 0 saturated heterocycles. The van der Waals surface area contributed by atoms with E-state index in [2.05, 4.69) is 10.5 Å². The Kier molecular flexibility index (Phi) is 5.44. The molecule has 0 spiro atoms. The van der Waals surface area contributed by atoms with E-state index >= 15 is 0 Å². The van der Waals surface area contributed by atoms with Gasteiger partial charge in [0.05, 0.1) is 26.7 Å². The fourth-order valence-corrected chi connectivity index (χ4v) is 3.99. The van der Waals surface area contributed by atoms with E-state index in [9.17, 15) is 4.79 Å². The summed E-state index contributed by atoms with van der Waals surface area (Å²) in [4.78, 5) is 13.3. The van der Waals surface area contributed by atoms with Gasteiger partial charge in [-0.2, -0.15) is 0 Å². The predicted molar refractivity (Wildman–Crippen MR) is 122 cm³/mol. The van der Waals surface area contributed by atoms with Crippen LogP contribution >= 0.6 is 0 Å². The molecular formula is C26H22N2O5. The molecule has 0 atom stereocenters. The molecule has 1 aliphatic rings. The van der Waals surface area contributed by atoms with E-state index in [4.69, 9.17) is 18.7 Å². The molecule has 4 aromatic rings. The molecule has 1 amide bonds. The molecule has 2 heterocycles. The van der Waals surface area contributed by atoms with Gasteiger partial charge in [-0.3, -0.25) is 4.79 Å². The molecule has 0 aliphatic carbocycles. The van der Waals surface area contributed by atoms with Crippen molar-refractivity contribution in [1.29, 1.82) is 0 Å². The average molecular weight is 442 g/mol. The van der Waals surface area contributed by atoms with E-state index in [0.717, 1.165) is 16.7 Å². The van der Waals surface area contributed by atoms with Crippen molar-refractivity contribution in [2.24, 2.45) is 0 Å². The van der Waals surface area contributed by atoms with Crippen LogP contribution in [0.4, 0.5) is 0 Å². The first-order chi connectivity index (χ1) is 16.2. The van der Waals surface area contributed by atoms with Gasteiger partial charge in [0.1, 0.15) is 17.2 Å². The molecule has 33 heavy (non-hydrogen) atoms. The molecule has 0 bridgehead atoms. The molecule has 0 fully saturated rings. The van der Waals surface area contributed by atoms with Crippen LogP contribution in [0.1, 0.15) is 22.7 Å². The zero-order chi connectivity index (χ0) is 22.8. The second-order valence-electron chi connectivity index (χ2n) is 7.58. The summed E-state index contributed by atoms with van der Waals surface area (Å²) < 4.78 is 22.1. The first kappa shape index (κ1) is 20.6. The Morgan fingerprint density at radius 2 is 1.58 bits per heavy atom. The van der Waals surface area contributed by atoms with Gasteiger partial charge in [0, 0.05) is 22.8 Å². The number of hydrogen-bond acceptors (Lipinski definition) is 6. The summed E-state index contributed by atoms with van der Waals surface area (Å²) in [7, 11) is 3.16. The standard InChI is InChI=1S/C26H22N2O5/c1-30-22-12-11-16(13-24(22)31-2)23-14-17(28-33-23)15-27-26(29)25-18-7-3-5-9-20(18)32-21-10-6-4-8-19(21)25/h3-14,25H,15H2,1-2H3,(H,27,29). The quantitative estimate of drug-likeness (QED) is 0.457. The van der Waals surface area contributed by atoms with Crippen molar-refractivity contribution in [3.8, 4) is 34.3 Å². The fraction of sp³-hybridized carbons (Fsp3) is 0.154. The Balaban J connectivity index is 1.35. The molecule has 0 radical (unpaired) electrons. The molecule has 7 heteroatoms. The Morgan fingerprint density at radius 1 is 0.909 bits per heavy atom. The van der Waals surface area contributed by atoms with Gasteiger partial charge in [-0.05, 0) is 30.3 Å². The minimum atomic E-state index is -0.469. The van der Waals surface area contributed by atoms with Crippen molar-refractivity contribution in [2.75, 3.05) is 14.2 Å². The van der Waals surface area contributed by atoms with E-state index < -0.39 is 5.92 Å². The van der Waals surface area contributed by atoms with Crippen LogP contribution in [0.5, 0.6) is 23.0 Å². The van der Waals surface area contributed by atoms with Gasteiger partial charge in [0.25, 0.3) is 0 Å². The minimum absolute atomic E-state index is 0.131. The summed E-state index contributed by atoms with van der Waals surface area (Å²) in [6.45, 7) is 0.233. The summed E-state index contributed by atoms with van der Waals surface area (Å²) in [5, 5.41) is 7.10. The molecule has 0 saturated carbocycles. The molecular weight excluding hydrogens is 420 g/mol. The van der Waals surface area contributed by atoms with Crippen LogP contribution in [-0.4, -0.2) is 25.3 Å². The number of methoxy groups -OCH3 is 2. The maximum Gasteiger partial charge on any atom is 0.232 e. The largest absolute Gasteiger partial charge is 0.493 e. The van der Waals surface area contributed by atoms with Crippen molar-refractivity contribution < 1.29 is 23.5 Å². The number of fused-ring (bicyclic) bond motifs is 2. The first-order valence-corrected chi connectivity index (χ1v) is 10.5. The van der Waals surface area contributed by atoms with Crippen molar-refractivity contribution in [3.63, 3.8) is 0 Å². The van der Waals surface area contributed by atoms with E-state index in [-0.39, 0.29) is 12.5 Å². The number of aromatic nitrogens is 1. The van der Waals surface area contributed by atoms with Gasteiger partial charge < -0.3 is 24.1 Å². The van der Waals surface area contributed by atoms with Crippen molar-refractivity contribution >= 4 is 5.91 Å². The number of nitrogens with zero attached hydrogens (tertiary/aromatic N) is 1. The van der Waals surface area contributed by atoms with E-state index in [0.29, 0.717) is 34.5 Å². The summed E-state index contributed by atoms with van der Waals surface area (Å²) in [5.74, 6) is 2.57. The van der Waals surface area contributed by atoms with Gasteiger partial charge in [0.15, 0.2) is 17.3 Å². The minimum Gasteiger partial charge on any atom is -0.493 e. The third-order valence-electron chi connectivity index (χ3n) is 5.61. The molecule has 3 aromatic carbocycles. The molecule has 7 nitrogen and oxygen atoms in total. The summed E-state index contributed by atoms with van der Waals surface area (Å²) in [6.07, 6.45) is 0. The third-order valence-corrected chi connectivity index (χ3v) is 5.61. The number of rotatable bonds is 6. The number of nitrogens with one attached hydrogen (secondary N) is 1. The SMILES string of the molecule is COc1ccc(-c2cc(CNC(=O)C3c4ccccc4Oc4ccccc43)no2)cc1OC. The van der Waals surface area contributed by atoms with Crippen molar-refractivity contribution in [3.05, 3.63) is 89.6 Å². The Bertz CT molecular complexity index is 1270. The third kappa shape index (κ3) is 3.89. The predicted octanol–water partition coefficient (Wildman–Crippen LogP) is 4.91. The lowest BCUT2D eigenvalue weighted by molar-refractivity contribution is -0.122. The lowest BCUT2D eigenvalue weighted by atomic mass is 9.87. The zero-order valence-electron chi connectivity index (χ0n) is 18.2. The van der Waals surface area contributed by atoms with Gasteiger partial charge >= 0.3 is 0 Å². The molecule has 5 rings (SSSR count). The van der Waals surface area contributed by atoms with Crippen LogP contribution in [0.15, 0.2) is 77.3 Å². The monoisotopic (exact) mass is 442 g/mol. The molecule has 166 valence electrons. The maximum atomic E-state index is 13.3. The molecule has 1 aromatic heterocycles. The Labute approximate surface area is 190 Å². The Morgan fingerprint density at radius 3 is 2.24 bits per heavy atom. The Hall–Kier alpha value is -4.26. The lowest BCUT2D eigenvalue weighted by Crippen LogP contribution is -2.31. The number of ether oxygens (including phenoxy) is 3. The molecule has 1 N–H and O–H groups in total. The highest BCUT2D eigenvalue weighted by Gasteiger charge is 2.32. The van der Waals surface area contributed by atoms with E-state index in [1.165, 1.54) is 0 Å². The van der Waals surface area contributed by atoms with Crippen LogP contribution < -0.4 is 19.5 Å². The van der Waals surface area contributed by atoms with Crippen LogP contribution in [0.2, 0.25) is 0 Å².